The van der Waals surface area contributed by atoms with Crippen molar-refractivity contribution < 1.29 is 4.43 Å². The van der Waals surface area contributed by atoms with Crippen LogP contribution in [0, 0.1) is 0 Å². The van der Waals surface area contributed by atoms with Gasteiger partial charge >= 0.3 is 0 Å². The maximum Gasteiger partial charge on any atom is 0.217 e. The van der Waals surface area contributed by atoms with E-state index in [9.17, 15) is 0 Å². The van der Waals surface area contributed by atoms with Gasteiger partial charge in [0.05, 0.1) is 8.80 Å². The monoisotopic (exact) mass is 223 g/mol. The van der Waals surface area contributed by atoms with Crippen molar-refractivity contribution in [2.45, 2.75) is 26.2 Å². The van der Waals surface area contributed by atoms with E-state index >= 15 is 0 Å². The number of hydrogen-bond acceptors (Lipinski definition) is 1. The van der Waals surface area contributed by atoms with Gasteiger partial charge in [0.1, 0.15) is 0 Å². The Morgan fingerprint density at radius 3 is 2.36 bits per heavy atom. The molecule has 0 amide bonds. The summed E-state index contributed by atoms with van der Waals surface area (Å²) in [6.45, 7) is 9.13. The van der Waals surface area contributed by atoms with Crippen LogP contribution in [0.1, 0.15) is 0 Å². The van der Waals surface area contributed by atoms with E-state index in [0.717, 1.165) is 0 Å². The fourth-order valence-electron chi connectivity index (χ4n) is 1.32. The normalized spacial score (nSPS) is 12.1. The Kier molecular flexibility index (Phi) is 3.69. The van der Waals surface area contributed by atoms with Gasteiger partial charge in [0.15, 0.2) is 0 Å². The van der Waals surface area contributed by atoms with Crippen LogP contribution in [-0.2, 0) is 4.43 Å². The summed E-state index contributed by atoms with van der Waals surface area (Å²) in [5.74, 6) is 0. The Hall–Kier alpha value is -0.386. The number of benzene rings is 1. The Morgan fingerprint density at radius 2 is 1.86 bits per heavy atom. The average molecular weight is 223 g/mol. The van der Waals surface area contributed by atoms with E-state index in [1.807, 2.05) is 7.11 Å². The summed E-state index contributed by atoms with van der Waals surface area (Å²) < 4.78 is 5.61. The van der Waals surface area contributed by atoms with Gasteiger partial charge in [0, 0.05) is 7.11 Å². The van der Waals surface area contributed by atoms with Gasteiger partial charge in [0.2, 0.25) is 8.32 Å². The van der Waals surface area contributed by atoms with Crippen molar-refractivity contribution in [1.29, 1.82) is 0 Å². The van der Waals surface area contributed by atoms with Gasteiger partial charge in [-0.05, 0) is 18.3 Å². The first kappa shape index (κ1) is 11.7. The Morgan fingerprint density at radius 1 is 1.21 bits per heavy atom. The highest BCUT2D eigenvalue weighted by Gasteiger charge is 2.23. The van der Waals surface area contributed by atoms with Crippen molar-refractivity contribution in [3.8, 4) is 0 Å². The van der Waals surface area contributed by atoms with Crippen LogP contribution in [0.15, 0.2) is 24.3 Å². The van der Waals surface area contributed by atoms with Gasteiger partial charge in [-0.2, -0.15) is 0 Å². The first-order valence-electron chi connectivity index (χ1n) is 4.93. The van der Waals surface area contributed by atoms with Gasteiger partial charge in [0.25, 0.3) is 0 Å². The lowest BCUT2D eigenvalue weighted by Gasteiger charge is -2.21. The van der Waals surface area contributed by atoms with Crippen LogP contribution >= 0.6 is 0 Å². The first-order chi connectivity index (χ1) is 6.47. The largest absolute Gasteiger partial charge is 0.416 e. The molecule has 0 saturated carbocycles. The summed E-state index contributed by atoms with van der Waals surface area (Å²) >= 11 is 0. The predicted molar refractivity (Wildman–Crippen MR) is 67.7 cm³/mol. The maximum atomic E-state index is 5.61. The van der Waals surface area contributed by atoms with E-state index in [-0.39, 0.29) is 8.80 Å². The molecule has 1 aromatic carbocycles. The highest BCUT2D eigenvalue weighted by atomic mass is 28.4. The molecule has 0 bridgehead atoms. The van der Waals surface area contributed by atoms with Crippen LogP contribution in [0.2, 0.25) is 26.2 Å². The van der Waals surface area contributed by atoms with E-state index in [0.29, 0.717) is 0 Å². The van der Waals surface area contributed by atoms with Gasteiger partial charge in [-0.15, -0.1) is 0 Å². The van der Waals surface area contributed by atoms with Gasteiger partial charge in [-0.25, -0.2) is 0 Å². The minimum absolute atomic E-state index is 0.335. The summed E-state index contributed by atoms with van der Waals surface area (Å²) in [5.41, 5.74) is 0. The molecule has 1 nitrogen and oxygen atoms in total. The Bertz CT molecular complexity index is 308. The van der Waals surface area contributed by atoms with Crippen molar-refractivity contribution in [2.24, 2.45) is 0 Å². The second kappa shape index (κ2) is 4.42. The Labute approximate surface area is 89.9 Å². The van der Waals surface area contributed by atoms with E-state index in [2.05, 4.69) is 50.5 Å². The standard InChI is InChI=1S/C11H19OSi2/c1-12-14(4,5)11-8-6-7-10(9-11)13(2)3/h6-9H,1-5H3. The quantitative estimate of drug-likeness (QED) is 0.709. The van der Waals surface area contributed by atoms with E-state index in [4.69, 9.17) is 4.43 Å². The van der Waals surface area contributed by atoms with E-state index < -0.39 is 8.32 Å². The summed E-state index contributed by atoms with van der Waals surface area (Å²) in [6.07, 6.45) is 0. The predicted octanol–water partition coefficient (Wildman–Crippen LogP) is 1.71. The molecule has 0 aliphatic rings. The molecule has 0 atom stereocenters. The van der Waals surface area contributed by atoms with Crippen LogP contribution < -0.4 is 10.4 Å². The molecule has 0 aliphatic heterocycles. The van der Waals surface area contributed by atoms with Crippen LogP contribution in [0.5, 0.6) is 0 Å². The minimum atomic E-state index is -1.61. The van der Waals surface area contributed by atoms with Crippen LogP contribution in [0.4, 0.5) is 0 Å². The molecule has 77 valence electrons. The van der Waals surface area contributed by atoms with E-state index in [1.165, 1.54) is 10.4 Å². The lowest BCUT2D eigenvalue weighted by Crippen LogP contribution is -2.45. The van der Waals surface area contributed by atoms with E-state index in [1.54, 1.807) is 0 Å². The third-order valence-electron chi connectivity index (χ3n) is 2.65. The van der Waals surface area contributed by atoms with Crippen LogP contribution in [0.25, 0.3) is 0 Å². The zero-order valence-corrected chi connectivity index (χ0v) is 11.7. The molecule has 0 aliphatic carbocycles. The highest BCUT2D eigenvalue weighted by Crippen LogP contribution is 2.02. The average Bonchev–Trinajstić information content (AvgIpc) is 2.18. The molecule has 0 spiro atoms. The zero-order chi connectivity index (χ0) is 10.8. The smallest absolute Gasteiger partial charge is 0.217 e. The molecule has 0 fully saturated rings. The number of rotatable bonds is 3. The van der Waals surface area contributed by atoms with Gasteiger partial charge in [-0.3, -0.25) is 0 Å². The topological polar surface area (TPSA) is 9.23 Å². The van der Waals surface area contributed by atoms with Crippen molar-refractivity contribution in [3.05, 3.63) is 24.3 Å². The zero-order valence-electron chi connectivity index (χ0n) is 9.72. The molecule has 14 heavy (non-hydrogen) atoms. The highest BCUT2D eigenvalue weighted by molar-refractivity contribution is 6.85. The SMILES string of the molecule is CO[Si](C)(C)c1cccc([Si](C)C)c1. The molecule has 0 unspecified atom stereocenters. The molecule has 0 N–H and O–H groups in total. The summed E-state index contributed by atoms with van der Waals surface area (Å²) in [7, 11) is -0.127. The fraction of sp³-hybridized carbons (Fsp3) is 0.455. The van der Waals surface area contributed by atoms with Crippen molar-refractivity contribution >= 4 is 27.5 Å². The minimum Gasteiger partial charge on any atom is -0.416 e. The fourth-order valence-corrected chi connectivity index (χ4v) is 3.58. The third kappa shape index (κ3) is 2.56. The van der Waals surface area contributed by atoms with Gasteiger partial charge < -0.3 is 4.43 Å². The first-order valence-corrected chi connectivity index (χ1v) is 10.3. The molecular weight excluding hydrogens is 204 g/mol. The van der Waals surface area contributed by atoms with Crippen LogP contribution in [0.3, 0.4) is 0 Å². The van der Waals surface area contributed by atoms with Crippen molar-refractivity contribution in [2.75, 3.05) is 7.11 Å². The second-order valence-corrected chi connectivity index (χ2v) is 10.9. The molecule has 1 aromatic rings. The molecule has 3 heteroatoms. The van der Waals surface area contributed by atoms with Crippen molar-refractivity contribution in [1.82, 2.24) is 0 Å². The lowest BCUT2D eigenvalue weighted by molar-refractivity contribution is 0.416. The van der Waals surface area contributed by atoms with Crippen LogP contribution in [-0.4, -0.2) is 24.2 Å². The summed E-state index contributed by atoms with van der Waals surface area (Å²) in [5, 5.41) is 2.91. The Balaban J connectivity index is 3.05. The lowest BCUT2D eigenvalue weighted by atomic mass is 10.4. The third-order valence-corrected chi connectivity index (χ3v) is 6.83. The molecule has 1 rings (SSSR count). The molecule has 0 heterocycles. The molecular formula is C11H19OSi2. The molecule has 1 radical (unpaired) electrons. The molecule has 0 saturated heterocycles. The summed E-state index contributed by atoms with van der Waals surface area (Å²) in [6, 6.07) is 8.93. The number of hydrogen-bond donors (Lipinski definition) is 0. The molecule has 0 aromatic heterocycles. The second-order valence-electron chi connectivity index (χ2n) is 4.30. The van der Waals surface area contributed by atoms with Crippen molar-refractivity contribution in [3.63, 3.8) is 0 Å². The summed E-state index contributed by atoms with van der Waals surface area (Å²) in [4.78, 5) is 0. The maximum absolute atomic E-state index is 5.61. The van der Waals surface area contributed by atoms with Gasteiger partial charge in [-0.1, -0.05) is 42.5 Å².